The second-order valence-corrected chi connectivity index (χ2v) is 5.77. The summed E-state index contributed by atoms with van der Waals surface area (Å²) in [6.07, 6.45) is 2.71. The lowest BCUT2D eigenvalue weighted by molar-refractivity contribution is -0.148. The smallest absolute Gasteiger partial charge is 0.309 e. The molecule has 0 aromatic heterocycles. The van der Waals surface area contributed by atoms with Crippen LogP contribution in [0.15, 0.2) is 18.2 Å². The standard InChI is InChI=1S/C14H16ClFO2/c1-9-4-5-14(7-9,13(17)18)8-10-2-3-12(16)11(15)6-10/h2-3,6,9H,4-5,7-8H2,1H3,(H,17,18). The molecule has 0 spiro atoms. The van der Waals surface area contributed by atoms with E-state index in [4.69, 9.17) is 11.6 Å². The maximum absolute atomic E-state index is 13.1. The molecule has 1 saturated carbocycles. The summed E-state index contributed by atoms with van der Waals surface area (Å²) < 4.78 is 13.1. The van der Waals surface area contributed by atoms with E-state index >= 15 is 0 Å². The minimum atomic E-state index is -0.757. The van der Waals surface area contributed by atoms with Gasteiger partial charge < -0.3 is 5.11 Å². The van der Waals surface area contributed by atoms with Crippen molar-refractivity contribution in [3.05, 3.63) is 34.6 Å². The third-order valence-corrected chi connectivity index (χ3v) is 4.12. The summed E-state index contributed by atoms with van der Waals surface area (Å²) in [6, 6.07) is 4.45. The Morgan fingerprint density at radius 2 is 2.33 bits per heavy atom. The van der Waals surface area contributed by atoms with E-state index in [0.717, 1.165) is 12.0 Å². The first kappa shape index (κ1) is 13.3. The van der Waals surface area contributed by atoms with Gasteiger partial charge in [0.25, 0.3) is 0 Å². The fourth-order valence-electron chi connectivity index (χ4n) is 2.86. The predicted molar refractivity (Wildman–Crippen MR) is 68.2 cm³/mol. The summed E-state index contributed by atoms with van der Waals surface area (Å²) in [6.45, 7) is 2.07. The van der Waals surface area contributed by atoms with Crippen molar-refractivity contribution in [1.82, 2.24) is 0 Å². The number of hydrogen-bond donors (Lipinski definition) is 1. The maximum Gasteiger partial charge on any atom is 0.309 e. The number of carboxylic acid groups (broad SMARTS) is 1. The van der Waals surface area contributed by atoms with Crippen LogP contribution in [-0.4, -0.2) is 11.1 Å². The highest BCUT2D eigenvalue weighted by Gasteiger charge is 2.44. The second kappa shape index (κ2) is 4.88. The van der Waals surface area contributed by atoms with Crippen LogP contribution < -0.4 is 0 Å². The summed E-state index contributed by atoms with van der Waals surface area (Å²) >= 11 is 5.73. The summed E-state index contributed by atoms with van der Waals surface area (Å²) in [7, 11) is 0. The molecule has 0 saturated heterocycles. The molecule has 2 nitrogen and oxygen atoms in total. The SMILES string of the molecule is CC1CCC(Cc2ccc(F)c(Cl)c2)(C(=O)O)C1. The maximum atomic E-state index is 13.1. The van der Waals surface area contributed by atoms with Crippen molar-refractivity contribution in [3.63, 3.8) is 0 Å². The summed E-state index contributed by atoms with van der Waals surface area (Å²) in [5.41, 5.74) is 0.0820. The molecule has 2 unspecified atom stereocenters. The summed E-state index contributed by atoms with van der Waals surface area (Å²) in [4.78, 5) is 11.5. The molecule has 18 heavy (non-hydrogen) atoms. The molecule has 0 radical (unpaired) electrons. The first-order valence-electron chi connectivity index (χ1n) is 6.10. The van der Waals surface area contributed by atoms with E-state index < -0.39 is 17.2 Å². The van der Waals surface area contributed by atoms with Crippen LogP contribution in [0.1, 0.15) is 31.7 Å². The fourth-order valence-corrected chi connectivity index (χ4v) is 3.07. The molecular formula is C14H16ClFO2. The Morgan fingerprint density at radius 3 is 2.83 bits per heavy atom. The summed E-state index contributed by atoms with van der Waals surface area (Å²) in [5, 5.41) is 9.51. The lowest BCUT2D eigenvalue weighted by Gasteiger charge is -2.24. The van der Waals surface area contributed by atoms with Crippen LogP contribution in [0.2, 0.25) is 5.02 Å². The highest BCUT2D eigenvalue weighted by molar-refractivity contribution is 6.30. The average molecular weight is 271 g/mol. The van der Waals surface area contributed by atoms with Gasteiger partial charge in [-0.25, -0.2) is 4.39 Å². The van der Waals surface area contributed by atoms with Gasteiger partial charge in [-0.2, -0.15) is 0 Å². The van der Waals surface area contributed by atoms with Crippen molar-refractivity contribution in [2.45, 2.75) is 32.6 Å². The van der Waals surface area contributed by atoms with Crippen molar-refractivity contribution in [2.75, 3.05) is 0 Å². The van der Waals surface area contributed by atoms with Gasteiger partial charge in [0.05, 0.1) is 10.4 Å². The van der Waals surface area contributed by atoms with Crippen LogP contribution in [0, 0.1) is 17.2 Å². The third kappa shape index (κ3) is 2.51. The van der Waals surface area contributed by atoms with Crippen LogP contribution >= 0.6 is 11.6 Å². The van der Waals surface area contributed by atoms with Gasteiger partial charge in [-0.15, -0.1) is 0 Å². The van der Waals surface area contributed by atoms with E-state index in [0.29, 0.717) is 25.2 Å². The van der Waals surface area contributed by atoms with Gasteiger partial charge >= 0.3 is 5.97 Å². The van der Waals surface area contributed by atoms with Crippen molar-refractivity contribution in [1.29, 1.82) is 0 Å². The van der Waals surface area contributed by atoms with E-state index in [-0.39, 0.29) is 5.02 Å². The van der Waals surface area contributed by atoms with Gasteiger partial charge in [-0.3, -0.25) is 4.79 Å². The minimum absolute atomic E-state index is 0.0547. The van der Waals surface area contributed by atoms with Crippen LogP contribution in [0.4, 0.5) is 4.39 Å². The van der Waals surface area contributed by atoms with E-state index in [1.54, 1.807) is 6.07 Å². The second-order valence-electron chi connectivity index (χ2n) is 5.36. The number of carbonyl (C=O) groups is 1. The fraction of sp³-hybridized carbons (Fsp3) is 0.500. The molecule has 1 aromatic rings. The molecule has 0 aliphatic heterocycles. The molecule has 1 aliphatic rings. The molecular weight excluding hydrogens is 255 g/mol. The van der Waals surface area contributed by atoms with Gasteiger partial charge in [-0.1, -0.05) is 24.6 Å². The number of carboxylic acids is 1. The van der Waals surface area contributed by atoms with E-state index in [1.165, 1.54) is 12.1 Å². The Labute approximate surface area is 111 Å². The molecule has 1 aliphatic carbocycles. The Kier molecular flexibility index (Phi) is 3.62. The molecule has 2 rings (SSSR count). The Bertz CT molecular complexity index is 475. The molecule has 1 aromatic carbocycles. The Morgan fingerprint density at radius 1 is 1.61 bits per heavy atom. The van der Waals surface area contributed by atoms with Crippen molar-refractivity contribution >= 4 is 17.6 Å². The number of aliphatic carboxylic acids is 1. The van der Waals surface area contributed by atoms with Crippen molar-refractivity contribution in [2.24, 2.45) is 11.3 Å². The quantitative estimate of drug-likeness (QED) is 0.904. The van der Waals surface area contributed by atoms with Crippen molar-refractivity contribution in [3.8, 4) is 0 Å². The largest absolute Gasteiger partial charge is 0.481 e. The lowest BCUT2D eigenvalue weighted by atomic mass is 9.79. The Hall–Kier alpha value is -1.09. The van der Waals surface area contributed by atoms with Crippen LogP contribution in [0.25, 0.3) is 0 Å². The van der Waals surface area contributed by atoms with E-state index in [2.05, 4.69) is 6.92 Å². The Balaban J connectivity index is 2.24. The third-order valence-electron chi connectivity index (χ3n) is 3.84. The van der Waals surface area contributed by atoms with Gasteiger partial charge in [0.1, 0.15) is 5.82 Å². The zero-order chi connectivity index (χ0) is 13.3. The van der Waals surface area contributed by atoms with E-state index in [9.17, 15) is 14.3 Å². The topological polar surface area (TPSA) is 37.3 Å². The van der Waals surface area contributed by atoms with Gasteiger partial charge in [0.2, 0.25) is 0 Å². The number of rotatable bonds is 3. The molecule has 1 N–H and O–H groups in total. The average Bonchev–Trinajstić information content (AvgIpc) is 2.67. The highest BCUT2D eigenvalue weighted by atomic mass is 35.5. The normalized spacial score (nSPS) is 27.4. The minimum Gasteiger partial charge on any atom is -0.481 e. The first-order chi connectivity index (χ1) is 8.43. The first-order valence-corrected chi connectivity index (χ1v) is 6.48. The molecule has 2 atom stereocenters. The van der Waals surface area contributed by atoms with Crippen molar-refractivity contribution < 1.29 is 14.3 Å². The monoisotopic (exact) mass is 270 g/mol. The zero-order valence-electron chi connectivity index (χ0n) is 10.2. The number of hydrogen-bond acceptors (Lipinski definition) is 1. The molecule has 0 heterocycles. The van der Waals surface area contributed by atoms with Gasteiger partial charge in [-0.05, 0) is 49.3 Å². The van der Waals surface area contributed by atoms with Crippen LogP contribution in [0.5, 0.6) is 0 Å². The highest BCUT2D eigenvalue weighted by Crippen LogP contribution is 2.44. The summed E-state index contributed by atoms with van der Waals surface area (Å²) in [5.74, 6) is -0.797. The van der Waals surface area contributed by atoms with Gasteiger partial charge in [0.15, 0.2) is 0 Å². The predicted octanol–water partition coefficient (Wildman–Crippen LogP) is 3.91. The van der Waals surface area contributed by atoms with Crippen LogP contribution in [-0.2, 0) is 11.2 Å². The number of halogens is 2. The number of benzene rings is 1. The van der Waals surface area contributed by atoms with Gasteiger partial charge in [0, 0.05) is 0 Å². The zero-order valence-corrected chi connectivity index (χ0v) is 11.0. The molecule has 98 valence electrons. The molecule has 0 amide bonds. The van der Waals surface area contributed by atoms with Crippen LogP contribution in [0.3, 0.4) is 0 Å². The lowest BCUT2D eigenvalue weighted by Crippen LogP contribution is -2.30. The van der Waals surface area contributed by atoms with E-state index in [1.807, 2.05) is 0 Å². The molecule has 4 heteroatoms. The molecule has 1 fully saturated rings. The molecule has 0 bridgehead atoms.